The quantitative estimate of drug-likeness (QED) is 0.792. The van der Waals surface area contributed by atoms with Crippen LogP contribution in [0.5, 0.6) is 0 Å². The number of benzene rings is 2. The number of carbonyl (C=O) groups excluding carboxylic acids is 2. The van der Waals surface area contributed by atoms with Crippen molar-refractivity contribution in [3.05, 3.63) is 59.7 Å². The zero-order valence-corrected chi connectivity index (χ0v) is 17.0. The lowest BCUT2D eigenvalue weighted by Gasteiger charge is -2.36. The van der Waals surface area contributed by atoms with Crippen LogP contribution in [0.4, 0.5) is 4.79 Å². The molecule has 0 aromatic heterocycles. The van der Waals surface area contributed by atoms with E-state index < -0.39 is 24.1 Å². The van der Waals surface area contributed by atoms with Crippen molar-refractivity contribution >= 4 is 18.0 Å². The van der Waals surface area contributed by atoms with Crippen LogP contribution >= 0.6 is 0 Å². The molecule has 2 aromatic rings. The number of nitrogens with zero attached hydrogens (tertiary/aromatic N) is 1. The van der Waals surface area contributed by atoms with E-state index in [0.717, 1.165) is 22.3 Å². The summed E-state index contributed by atoms with van der Waals surface area (Å²) in [6.07, 6.45) is 1.69. The van der Waals surface area contributed by atoms with Gasteiger partial charge in [0.15, 0.2) is 0 Å². The van der Waals surface area contributed by atoms with Crippen LogP contribution in [-0.2, 0) is 14.3 Å². The molecule has 0 saturated carbocycles. The van der Waals surface area contributed by atoms with Crippen LogP contribution in [-0.4, -0.2) is 52.7 Å². The molecule has 160 valence electrons. The molecular weight excluding hydrogens is 396 g/mol. The van der Waals surface area contributed by atoms with Crippen molar-refractivity contribution in [2.45, 2.75) is 49.7 Å². The Morgan fingerprint density at radius 3 is 2.23 bits per heavy atom. The molecule has 0 spiro atoms. The molecule has 2 N–H and O–H groups in total. The SMILES string of the molecule is O=C(N[C@H]1CC[C@@H]2CC[C@H](C(=O)O)N2C1=O)OCC1c2ccccc2-c2ccccc21. The number of ether oxygens (including phenoxy) is 1. The van der Waals surface area contributed by atoms with Gasteiger partial charge in [-0.25, -0.2) is 9.59 Å². The molecule has 1 aliphatic carbocycles. The molecule has 3 atom stereocenters. The summed E-state index contributed by atoms with van der Waals surface area (Å²) >= 11 is 0. The predicted octanol–water partition coefficient (Wildman–Crippen LogP) is 3.13. The molecule has 2 heterocycles. The van der Waals surface area contributed by atoms with E-state index in [1.165, 1.54) is 4.90 Å². The lowest BCUT2D eigenvalue weighted by atomic mass is 9.98. The molecular formula is C24H24N2O5. The Hall–Kier alpha value is -3.35. The zero-order valence-electron chi connectivity index (χ0n) is 17.0. The van der Waals surface area contributed by atoms with Crippen molar-refractivity contribution in [2.75, 3.05) is 6.61 Å². The van der Waals surface area contributed by atoms with Crippen LogP contribution in [0.2, 0.25) is 0 Å². The van der Waals surface area contributed by atoms with Gasteiger partial charge in [0, 0.05) is 12.0 Å². The number of rotatable bonds is 4. The number of carboxylic acid groups (broad SMARTS) is 1. The van der Waals surface area contributed by atoms with E-state index in [4.69, 9.17) is 4.74 Å². The van der Waals surface area contributed by atoms with Crippen LogP contribution < -0.4 is 5.32 Å². The average molecular weight is 420 g/mol. The Labute approximate surface area is 180 Å². The number of fused-ring (bicyclic) bond motifs is 4. The predicted molar refractivity (Wildman–Crippen MR) is 113 cm³/mol. The highest BCUT2D eigenvalue weighted by atomic mass is 16.5. The highest BCUT2D eigenvalue weighted by Gasteiger charge is 2.46. The lowest BCUT2D eigenvalue weighted by molar-refractivity contribution is -0.152. The smallest absolute Gasteiger partial charge is 0.407 e. The summed E-state index contributed by atoms with van der Waals surface area (Å²) in [7, 11) is 0. The van der Waals surface area contributed by atoms with Gasteiger partial charge in [-0.2, -0.15) is 0 Å². The molecule has 7 heteroatoms. The summed E-state index contributed by atoms with van der Waals surface area (Å²) in [5.41, 5.74) is 4.53. The number of piperidine rings is 1. The summed E-state index contributed by atoms with van der Waals surface area (Å²) < 4.78 is 5.54. The number of carboxylic acids is 1. The number of amides is 2. The van der Waals surface area contributed by atoms with E-state index >= 15 is 0 Å². The van der Waals surface area contributed by atoms with Crippen LogP contribution in [0, 0.1) is 0 Å². The first-order valence-corrected chi connectivity index (χ1v) is 10.7. The van der Waals surface area contributed by atoms with Gasteiger partial charge in [-0.1, -0.05) is 48.5 Å². The fourth-order valence-corrected chi connectivity index (χ4v) is 5.32. The largest absolute Gasteiger partial charge is 0.480 e. The second-order valence-corrected chi connectivity index (χ2v) is 8.43. The van der Waals surface area contributed by atoms with Crippen molar-refractivity contribution in [3.63, 3.8) is 0 Å². The van der Waals surface area contributed by atoms with E-state index in [0.29, 0.717) is 25.7 Å². The third kappa shape index (κ3) is 3.34. The van der Waals surface area contributed by atoms with Crippen molar-refractivity contribution in [2.24, 2.45) is 0 Å². The van der Waals surface area contributed by atoms with Crippen molar-refractivity contribution in [3.8, 4) is 11.1 Å². The standard InChI is InChI=1S/C24H24N2O5/c27-22-20(11-9-14-10-12-21(23(28)29)26(14)22)25-24(30)31-13-19-17-7-3-1-5-15(17)16-6-2-4-8-18(16)19/h1-8,14,19-21H,9-13H2,(H,25,30)(H,28,29)/t14-,20+,21-/m1/s1. The van der Waals surface area contributed by atoms with Gasteiger partial charge in [-0.05, 0) is 47.9 Å². The normalized spacial score (nSPS) is 24.3. The summed E-state index contributed by atoms with van der Waals surface area (Å²) in [6.45, 7) is 0.171. The highest BCUT2D eigenvalue weighted by Crippen LogP contribution is 2.44. The Bertz CT molecular complexity index is 1010. The summed E-state index contributed by atoms with van der Waals surface area (Å²) in [5.74, 6) is -1.37. The molecule has 2 aromatic carbocycles. The van der Waals surface area contributed by atoms with Crippen LogP contribution in [0.15, 0.2) is 48.5 Å². The minimum Gasteiger partial charge on any atom is -0.480 e. The number of nitrogens with one attached hydrogen (secondary N) is 1. The number of aliphatic carboxylic acids is 1. The second-order valence-electron chi connectivity index (χ2n) is 8.43. The monoisotopic (exact) mass is 420 g/mol. The average Bonchev–Trinajstić information content (AvgIpc) is 3.34. The second kappa shape index (κ2) is 7.72. The number of hydrogen-bond donors (Lipinski definition) is 2. The maximum Gasteiger partial charge on any atom is 0.407 e. The maximum absolute atomic E-state index is 12.8. The van der Waals surface area contributed by atoms with Gasteiger partial charge in [-0.15, -0.1) is 0 Å². The molecule has 3 aliphatic rings. The van der Waals surface area contributed by atoms with Gasteiger partial charge in [0.25, 0.3) is 0 Å². The molecule has 5 rings (SSSR count). The van der Waals surface area contributed by atoms with E-state index in [1.54, 1.807) is 0 Å². The molecule has 2 fully saturated rings. The van der Waals surface area contributed by atoms with Crippen molar-refractivity contribution in [1.82, 2.24) is 10.2 Å². The Balaban J connectivity index is 1.25. The molecule has 7 nitrogen and oxygen atoms in total. The first-order valence-electron chi connectivity index (χ1n) is 10.7. The van der Waals surface area contributed by atoms with Gasteiger partial charge >= 0.3 is 12.1 Å². The third-order valence-electron chi connectivity index (χ3n) is 6.76. The fourth-order valence-electron chi connectivity index (χ4n) is 5.32. The number of alkyl carbamates (subject to hydrolysis) is 1. The van der Waals surface area contributed by atoms with Gasteiger partial charge in [0.1, 0.15) is 18.7 Å². The Morgan fingerprint density at radius 1 is 0.968 bits per heavy atom. The van der Waals surface area contributed by atoms with Gasteiger partial charge in [0.2, 0.25) is 5.91 Å². The fraction of sp³-hybridized carbons (Fsp3) is 0.375. The van der Waals surface area contributed by atoms with Crippen molar-refractivity contribution < 1.29 is 24.2 Å². The third-order valence-corrected chi connectivity index (χ3v) is 6.76. The molecule has 2 saturated heterocycles. The Kier molecular flexibility index (Phi) is 4.88. The molecule has 0 unspecified atom stereocenters. The Morgan fingerprint density at radius 2 is 1.58 bits per heavy atom. The summed E-state index contributed by atoms with van der Waals surface area (Å²) in [4.78, 5) is 38.3. The van der Waals surface area contributed by atoms with E-state index in [-0.39, 0.29) is 24.5 Å². The topological polar surface area (TPSA) is 95.9 Å². The highest BCUT2D eigenvalue weighted by molar-refractivity contribution is 5.90. The molecule has 2 aliphatic heterocycles. The molecule has 0 radical (unpaired) electrons. The van der Waals surface area contributed by atoms with Gasteiger partial charge < -0.3 is 20.1 Å². The zero-order chi connectivity index (χ0) is 21.5. The first-order chi connectivity index (χ1) is 15.0. The van der Waals surface area contributed by atoms with Crippen LogP contribution in [0.25, 0.3) is 11.1 Å². The van der Waals surface area contributed by atoms with Crippen LogP contribution in [0.1, 0.15) is 42.7 Å². The number of hydrogen-bond acceptors (Lipinski definition) is 4. The molecule has 31 heavy (non-hydrogen) atoms. The van der Waals surface area contributed by atoms with E-state index in [1.807, 2.05) is 36.4 Å². The van der Waals surface area contributed by atoms with E-state index in [2.05, 4.69) is 17.4 Å². The van der Waals surface area contributed by atoms with Crippen molar-refractivity contribution in [1.29, 1.82) is 0 Å². The first kappa shape index (κ1) is 19.6. The summed E-state index contributed by atoms with van der Waals surface area (Å²) in [5, 5.41) is 12.1. The number of carbonyl (C=O) groups is 3. The minimum atomic E-state index is -0.988. The maximum atomic E-state index is 12.8. The summed E-state index contributed by atoms with van der Waals surface area (Å²) in [6, 6.07) is 14.6. The van der Waals surface area contributed by atoms with Crippen LogP contribution in [0.3, 0.4) is 0 Å². The molecule has 2 amide bonds. The lowest BCUT2D eigenvalue weighted by Crippen LogP contribution is -2.57. The van der Waals surface area contributed by atoms with Gasteiger partial charge in [0.05, 0.1) is 0 Å². The van der Waals surface area contributed by atoms with E-state index in [9.17, 15) is 19.5 Å². The van der Waals surface area contributed by atoms with Gasteiger partial charge in [-0.3, -0.25) is 4.79 Å². The molecule has 0 bridgehead atoms. The minimum absolute atomic E-state index is 0.0471.